The highest BCUT2D eigenvalue weighted by Crippen LogP contribution is 2.30. The van der Waals surface area contributed by atoms with Crippen LogP contribution in [-0.2, 0) is 6.54 Å². The van der Waals surface area contributed by atoms with Gasteiger partial charge in [0.15, 0.2) is 0 Å². The maximum absolute atomic E-state index is 5.93. The van der Waals surface area contributed by atoms with Gasteiger partial charge in [0.1, 0.15) is 0 Å². The van der Waals surface area contributed by atoms with E-state index in [1.165, 1.54) is 36.0 Å². The van der Waals surface area contributed by atoms with Crippen molar-refractivity contribution >= 4 is 0 Å². The fourth-order valence-corrected chi connectivity index (χ4v) is 3.63. The van der Waals surface area contributed by atoms with Gasteiger partial charge in [-0.05, 0) is 51.3 Å². The zero-order chi connectivity index (χ0) is 13.8. The number of hydrogen-bond donors (Lipinski definition) is 1. The smallest absolute Gasteiger partial charge is 0.0236 e. The van der Waals surface area contributed by atoms with Crippen molar-refractivity contribution in [2.75, 3.05) is 13.1 Å². The third kappa shape index (κ3) is 3.58. The van der Waals surface area contributed by atoms with E-state index in [4.69, 9.17) is 5.73 Å². The molecule has 1 saturated carbocycles. The topological polar surface area (TPSA) is 29.3 Å². The third-order valence-corrected chi connectivity index (χ3v) is 4.46. The lowest BCUT2D eigenvalue weighted by Gasteiger charge is -2.32. The summed E-state index contributed by atoms with van der Waals surface area (Å²) in [6, 6.07) is 7.58. The first kappa shape index (κ1) is 14.5. The summed E-state index contributed by atoms with van der Waals surface area (Å²) in [6.45, 7) is 9.67. The molecule has 0 aliphatic heterocycles. The molecule has 0 amide bonds. The molecule has 0 bridgehead atoms. The summed E-state index contributed by atoms with van der Waals surface area (Å²) in [4.78, 5) is 2.62. The summed E-state index contributed by atoms with van der Waals surface area (Å²) in [6.07, 6.45) is 3.97. The van der Waals surface area contributed by atoms with Crippen LogP contribution >= 0.6 is 0 Å². The Kier molecular flexibility index (Phi) is 5.00. The fraction of sp³-hybridized carbons (Fsp3) is 0.647. The molecule has 2 atom stereocenters. The minimum atomic E-state index is 0.691. The lowest BCUT2D eigenvalue weighted by Crippen LogP contribution is -2.39. The van der Waals surface area contributed by atoms with Crippen LogP contribution in [0.3, 0.4) is 0 Å². The van der Waals surface area contributed by atoms with Crippen LogP contribution in [0.4, 0.5) is 0 Å². The summed E-state index contributed by atoms with van der Waals surface area (Å²) in [5.41, 5.74) is 10.1. The van der Waals surface area contributed by atoms with Gasteiger partial charge in [-0.25, -0.2) is 0 Å². The van der Waals surface area contributed by atoms with Gasteiger partial charge in [-0.2, -0.15) is 0 Å². The molecule has 1 fully saturated rings. The average molecular weight is 260 g/mol. The predicted octanol–water partition coefficient (Wildman–Crippen LogP) is 3.25. The SMILES string of the molecule is CCN(Cc1cc(C)cc(C)c1)C1CCCC1CN. The highest BCUT2D eigenvalue weighted by molar-refractivity contribution is 5.28. The number of nitrogens with two attached hydrogens (primary N) is 1. The maximum Gasteiger partial charge on any atom is 0.0236 e. The van der Waals surface area contributed by atoms with E-state index in [0.717, 1.165) is 19.6 Å². The van der Waals surface area contributed by atoms with Gasteiger partial charge in [0, 0.05) is 12.6 Å². The van der Waals surface area contributed by atoms with E-state index >= 15 is 0 Å². The lowest BCUT2D eigenvalue weighted by atomic mass is 10.0. The molecule has 2 unspecified atom stereocenters. The van der Waals surface area contributed by atoms with Crippen molar-refractivity contribution in [2.45, 2.75) is 52.6 Å². The van der Waals surface area contributed by atoms with E-state index in [1.54, 1.807) is 0 Å². The van der Waals surface area contributed by atoms with E-state index in [9.17, 15) is 0 Å². The number of rotatable bonds is 5. The molecule has 0 heterocycles. The van der Waals surface area contributed by atoms with Gasteiger partial charge in [-0.1, -0.05) is 42.7 Å². The molecule has 0 saturated heterocycles. The molecule has 19 heavy (non-hydrogen) atoms. The van der Waals surface area contributed by atoms with Crippen molar-refractivity contribution in [3.8, 4) is 0 Å². The Balaban J connectivity index is 2.10. The highest BCUT2D eigenvalue weighted by Gasteiger charge is 2.30. The van der Waals surface area contributed by atoms with Crippen LogP contribution in [0.1, 0.15) is 42.9 Å². The molecule has 106 valence electrons. The Labute approximate surface area is 118 Å². The van der Waals surface area contributed by atoms with Crippen molar-refractivity contribution in [1.29, 1.82) is 0 Å². The zero-order valence-electron chi connectivity index (χ0n) is 12.7. The summed E-state index contributed by atoms with van der Waals surface area (Å²) >= 11 is 0. The molecule has 0 spiro atoms. The van der Waals surface area contributed by atoms with Gasteiger partial charge in [0.05, 0.1) is 0 Å². The molecule has 2 rings (SSSR count). The van der Waals surface area contributed by atoms with Gasteiger partial charge in [0.2, 0.25) is 0 Å². The Hall–Kier alpha value is -0.860. The van der Waals surface area contributed by atoms with Crippen LogP contribution in [0, 0.1) is 19.8 Å². The molecule has 1 aliphatic rings. The second-order valence-corrected chi connectivity index (χ2v) is 6.05. The first-order chi connectivity index (χ1) is 9.13. The van der Waals surface area contributed by atoms with Crippen LogP contribution in [0.5, 0.6) is 0 Å². The first-order valence-electron chi connectivity index (χ1n) is 7.65. The fourth-order valence-electron chi connectivity index (χ4n) is 3.63. The number of hydrogen-bond acceptors (Lipinski definition) is 2. The molecule has 0 aromatic heterocycles. The van der Waals surface area contributed by atoms with Crippen molar-refractivity contribution in [3.63, 3.8) is 0 Å². The molecule has 1 aliphatic carbocycles. The highest BCUT2D eigenvalue weighted by atomic mass is 15.2. The van der Waals surface area contributed by atoms with Crippen molar-refractivity contribution in [3.05, 3.63) is 34.9 Å². The van der Waals surface area contributed by atoms with Gasteiger partial charge in [-0.15, -0.1) is 0 Å². The van der Waals surface area contributed by atoms with Crippen LogP contribution in [-0.4, -0.2) is 24.0 Å². The van der Waals surface area contributed by atoms with Crippen molar-refractivity contribution < 1.29 is 0 Å². The minimum Gasteiger partial charge on any atom is -0.330 e. The van der Waals surface area contributed by atoms with Gasteiger partial charge in [-0.3, -0.25) is 4.90 Å². The second kappa shape index (κ2) is 6.53. The Bertz CT molecular complexity index is 393. The van der Waals surface area contributed by atoms with Crippen LogP contribution in [0.2, 0.25) is 0 Å². The number of benzene rings is 1. The summed E-state index contributed by atoms with van der Waals surface area (Å²) in [5, 5.41) is 0. The van der Waals surface area contributed by atoms with Gasteiger partial charge >= 0.3 is 0 Å². The second-order valence-electron chi connectivity index (χ2n) is 6.05. The van der Waals surface area contributed by atoms with E-state index in [1.807, 2.05) is 0 Å². The normalized spacial score (nSPS) is 23.2. The molecule has 2 N–H and O–H groups in total. The average Bonchev–Trinajstić information content (AvgIpc) is 2.82. The van der Waals surface area contributed by atoms with Crippen molar-refractivity contribution in [2.24, 2.45) is 11.7 Å². The largest absolute Gasteiger partial charge is 0.330 e. The molecule has 1 aromatic rings. The number of aryl methyl sites for hydroxylation is 2. The van der Waals surface area contributed by atoms with E-state index in [-0.39, 0.29) is 0 Å². The Morgan fingerprint density at radius 3 is 2.42 bits per heavy atom. The van der Waals surface area contributed by atoms with Gasteiger partial charge in [0.25, 0.3) is 0 Å². The first-order valence-corrected chi connectivity index (χ1v) is 7.65. The molecule has 1 aromatic carbocycles. The van der Waals surface area contributed by atoms with Crippen LogP contribution < -0.4 is 5.73 Å². The van der Waals surface area contributed by atoms with Gasteiger partial charge < -0.3 is 5.73 Å². The molecular formula is C17H28N2. The van der Waals surface area contributed by atoms with E-state index in [0.29, 0.717) is 12.0 Å². The monoisotopic (exact) mass is 260 g/mol. The third-order valence-electron chi connectivity index (χ3n) is 4.46. The summed E-state index contributed by atoms with van der Waals surface area (Å²) in [7, 11) is 0. The molecule has 2 heteroatoms. The van der Waals surface area contributed by atoms with Crippen LogP contribution in [0.15, 0.2) is 18.2 Å². The predicted molar refractivity (Wildman–Crippen MR) is 82.2 cm³/mol. The quantitative estimate of drug-likeness (QED) is 0.880. The van der Waals surface area contributed by atoms with E-state index < -0.39 is 0 Å². The summed E-state index contributed by atoms with van der Waals surface area (Å²) in [5.74, 6) is 0.700. The Morgan fingerprint density at radius 1 is 1.16 bits per heavy atom. The lowest BCUT2D eigenvalue weighted by molar-refractivity contribution is 0.162. The summed E-state index contributed by atoms with van der Waals surface area (Å²) < 4.78 is 0. The Morgan fingerprint density at radius 2 is 1.84 bits per heavy atom. The molecule has 0 radical (unpaired) electrons. The number of nitrogens with zero attached hydrogens (tertiary/aromatic N) is 1. The minimum absolute atomic E-state index is 0.691. The molecular weight excluding hydrogens is 232 g/mol. The van der Waals surface area contributed by atoms with Crippen molar-refractivity contribution in [1.82, 2.24) is 4.90 Å². The standard InChI is InChI=1S/C17H28N2/c1-4-19(17-7-5-6-16(17)11-18)12-15-9-13(2)8-14(3)10-15/h8-10,16-17H,4-7,11-12,18H2,1-3H3. The van der Waals surface area contributed by atoms with Crippen LogP contribution in [0.25, 0.3) is 0 Å². The maximum atomic E-state index is 5.93. The molecule has 2 nitrogen and oxygen atoms in total. The zero-order valence-corrected chi connectivity index (χ0v) is 12.7. The van der Waals surface area contributed by atoms with E-state index in [2.05, 4.69) is 43.9 Å².